The molecule has 0 saturated heterocycles. The van der Waals surface area contributed by atoms with Crippen LogP contribution in [0.25, 0.3) is 0 Å². The zero-order valence-corrected chi connectivity index (χ0v) is 8.10. The van der Waals surface area contributed by atoms with Crippen LogP contribution in [-0.2, 0) is 23.9 Å². The van der Waals surface area contributed by atoms with Gasteiger partial charge in [0, 0.05) is 4.90 Å². The highest BCUT2D eigenvalue weighted by molar-refractivity contribution is 7.79. The van der Waals surface area contributed by atoms with Gasteiger partial charge in [0.15, 0.2) is 0 Å². The standard InChI is InChI=1S/C10H12O2S/c11-13(12)10-6-5-8-3-1-2-4-9(8)7-10/h5-7H,1-4H2,(H,11,12)/p-1. The Morgan fingerprint density at radius 3 is 2.54 bits per heavy atom. The van der Waals surface area contributed by atoms with Crippen molar-refractivity contribution in [1.82, 2.24) is 0 Å². The average molecular weight is 195 g/mol. The SMILES string of the molecule is O=S([O-])c1ccc2c(c1)CCCC2. The van der Waals surface area contributed by atoms with E-state index in [1.807, 2.05) is 6.07 Å². The van der Waals surface area contributed by atoms with Crippen LogP contribution in [-0.4, -0.2) is 8.76 Å². The van der Waals surface area contributed by atoms with E-state index in [0.29, 0.717) is 4.90 Å². The molecule has 0 amide bonds. The second kappa shape index (κ2) is 3.60. The molecule has 0 N–H and O–H groups in total. The van der Waals surface area contributed by atoms with Crippen molar-refractivity contribution in [2.45, 2.75) is 30.6 Å². The van der Waals surface area contributed by atoms with Gasteiger partial charge in [-0.3, -0.25) is 4.21 Å². The normalized spacial score (nSPS) is 17.9. The van der Waals surface area contributed by atoms with Crippen LogP contribution in [0.2, 0.25) is 0 Å². The molecule has 0 radical (unpaired) electrons. The molecule has 1 aromatic rings. The first-order valence-corrected chi connectivity index (χ1v) is 5.56. The second-order valence-electron chi connectivity index (χ2n) is 3.37. The van der Waals surface area contributed by atoms with Gasteiger partial charge in [0.05, 0.1) is 0 Å². The zero-order valence-electron chi connectivity index (χ0n) is 7.29. The van der Waals surface area contributed by atoms with E-state index < -0.39 is 11.1 Å². The minimum Gasteiger partial charge on any atom is -0.768 e. The molecule has 2 rings (SSSR count). The summed E-state index contributed by atoms with van der Waals surface area (Å²) >= 11 is -2.08. The Kier molecular flexibility index (Phi) is 2.47. The Morgan fingerprint density at radius 1 is 1.15 bits per heavy atom. The third-order valence-electron chi connectivity index (χ3n) is 2.51. The van der Waals surface area contributed by atoms with E-state index in [1.54, 1.807) is 12.1 Å². The predicted molar refractivity (Wildman–Crippen MR) is 50.3 cm³/mol. The molecule has 1 aliphatic rings. The number of rotatable bonds is 1. The molecular weight excluding hydrogens is 184 g/mol. The van der Waals surface area contributed by atoms with Crippen LogP contribution in [0.15, 0.2) is 23.1 Å². The summed E-state index contributed by atoms with van der Waals surface area (Å²) in [5.41, 5.74) is 2.54. The number of benzene rings is 1. The lowest BCUT2D eigenvalue weighted by Crippen LogP contribution is -2.03. The summed E-state index contributed by atoms with van der Waals surface area (Å²) < 4.78 is 21.4. The molecule has 0 spiro atoms. The first kappa shape index (κ1) is 8.91. The summed E-state index contributed by atoms with van der Waals surface area (Å²) in [6.45, 7) is 0. The van der Waals surface area contributed by atoms with Crippen molar-refractivity contribution < 1.29 is 8.76 Å². The molecule has 0 bridgehead atoms. The molecule has 70 valence electrons. The monoisotopic (exact) mass is 195 g/mol. The highest BCUT2D eigenvalue weighted by atomic mass is 32.2. The smallest absolute Gasteiger partial charge is 0.0251 e. The minimum absolute atomic E-state index is 0.417. The van der Waals surface area contributed by atoms with Crippen LogP contribution in [0.1, 0.15) is 24.0 Å². The molecule has 1 atom stereocenters. The van der Waals surface area contributed by atoms with Gasteiger partial charge in [-0.25, -0.2) is 0 Å². The van der Waals surface area contributed by atoms with Crippen molar-refractivity contribution in [1.29, 1.82) is 0 Å². The van der Waals surface area contributed by atoms with Gasteiger partial charge in [0.2, 0.25) is 0 Å². The van der Waals surface area contributed by atoms with Gasteiger partial charge < -0.3 is 4.55 Å². The molecule has 1 unspecified atom stereocenters. The molecule has 0 aliphatic heterocycles. The fraction of sp³-hybridized carbons (Fsp3) is 0.400. The van der Waals surface area contributed by atoms with Crippen molar-refractivity contribution in [3.63, 3.8) is 0 Å². The van der Waals surface area contributed by atoms with Crippen LogP contribution in [0.3, 0.4) is 0 Å². The van der Waals surface area contributed by atoms with Gasteiger partial charge >= 0.3 is 0 Å². The summed E-state index contributed by atoms with van der Waals surface area (Å²) in [4.78, 5) is 0.417. The molecular formula is C10H11O2S-. The lowest BCUT2D eigenvalue weighted by molar-refractivity contribution is 0.536. The largest absolute Gasteiger partial charge is 0.768 e. The molecule has 1 aliphatic carbocycles. The highest BCUT2D eigenvalue weighted by Gasteiger charge is 2.09. The maximum atomic E-state index is 10.7. The van der Waals surface area contributed by atoms with Crippen LogP contribution >= 0.6 is 0 Å². The van der Waals surface area contributed by atoms with Gasteiger partial charge in [0.1, 0.15) is 0 Å². The van der Waals surface area contributed by atoms with Crippen LogP contribution in [0.5, 0.6) is 0 Å². The summed E-state index contributed by atoms with van der Waals surface area (Å²) in [5.74, 6) is 0. The molecule has 0 aromatic heterocycles. The summed E-state index contributed by atoms with van der Waals surface area (Å²) in [7, 11) is 0. The van der Waals surface area contributed by atoms with Crippen LogP contribution in [0, 0.1) is 0 Å². The Morgan fingerprint density at radius 2 is 1.85 bits per heavy atom. The van der Waals surface area contributed by atoms with Crippen molar-refractivity contribution in [3.05, 3.63) is 29.3 Å². The van der Waals surface area contributed by atoms with Gasteiger partial charge in [-0.05, 0) is 60.0 Å². The summed E-state index contributed by atoms with van der Waals surface area (Å²) in [6, 6.07) is 5.44. The van der Waals surface area contributed by atoms with Crippen LogP contribution < -0.4 is 0 Å². The maximum absolute atomic E-state index is 10.7. The van der Waals surface area contributed by atoms with E-state index in [4.69, 9.17) is 0 Å². The number of aryl methyl sites for hydroxylation is 2. The Hall–Kier alpha value is -0.670. The van der Waals surface area contributed by atoms with E-state index in [0.717, 1.165) is 12.8 Å². The predicted octanol–water partition coefficient (Wildman–Crippen LogP) is 1.80. The third-order valence-corrected chi connectivity index (χ3v) is 3.15. The second-order valence-corrected chi connectivity index (χ2v) is 4.31. The number of hydrogen-bond acceptors (Lipinski definition) is 2. The fourth-order valence-corrected chi connectivity index (χ4v) is 2.23. The molecule has 1 aromatic carbocycles. The minimum atomic E-state index is -2.08. The molecule has 0 heterocycles. The Balaban J connectivity index is 2.40. The maximum Gasteiger partial charge on any atom is 0.0251 e. The number of fused-ring (bicyclic) bond motifs is 1. The fourth-order valence-electron chi connectivity index (χ4n) is 1.81. The average Bonchev–Trinajstić information content (AvgIpc) is 2.17. The van der Waals surface area contributed by atoms with E-state index in [9.17, 15) is 8.76 Å². The summed E-state index contributed by atoms with van der Waals surface area (Å²) in [6.07, 6.45) is 4.54. The van der Waals surface area contributed by atoms with Gasteiger partial charge in [-0.1, -0.05) is 6.07 Å². The topological polar surface area (TPSA) is 40.1 Å². The van der Waals surface area contributed by atoms with Gasteiger partial charge in [-0.15, -0.1) is 0 Å². The lowest BCUT2D eigenvalue weighted by atomic mass is 9.92. The van der Waals surface area contributed by atoms with E-state index in [-0.39, 0.29) is 0 Å². The molecule has 0 fully saturated rings. The van der Waals surface area contributed by atoms with E-state index >= 15 is 0 Å². The first-order valence-electron chi connectivity index (χ1n) is 4.48. The lowest BCUT2D eigenvalue weighted by Gasteiger charge is -2.17. The van der Waals surface area contributed by atoms with Crippen molar-refractivity contribution >= 4 is 11.1 Å². The van der Waals surface area contributed by atoms with Gasteiger partial charge in [-0.2, -0.15) is 0 Å². The van der Waals surface area contributed by atoms with E-state index in [1.165, 1.54) is 24.0 Å². The first-order chi connectivity index (χ1) is 6.27. The zero-order chi connectivity index (χ0) is 9.26. The Bertz CT molecular complexity index is 347. The molecule has 13 heavy (non-hydrogen) atoms. The van der Waals surface area contributed by atoms with Crippen molar-refractivity contribution in [2.24, 2.45) is 0 Å². The van der Waals surface area contributed by atoms with Crippen molar-refractivity contribution in [2.75, 3.05) is 0 Å². The molecule has 0 saturated carbocycles. The van der Waals surface area contributed by atoms with E-state index in [2.05, 4.69) is 0 Å². The molecule has 3 heteroatoms. The summed E-state index contributed by atoms with van der Waals surface area (Å²) in [5, 5.41) is 0. The van der Waals surface area contributed by atoms with Crippen LogP contribution in [0.4, 0.5) is 0 Å². The number of hydrogen-bond donors (Lipinski definition) is 0. The Labute approximate surface area is 80.3 Å². The van der Waals surface area contributed by atoms with Gasteiger partial charge in [0.25, 0.3) is 0 Å². The highest BCUT2D eigenvalue weighted by Crippen LogP contribution is 2.22. The quantitative estimate of drug-likeness (QED) is 0.641. The molecule has 2 nitrogen and oxygen atoms in total. The van der Waals surface area contributed by atoms with Crippen molar-refractivity contribution in [3.8, 4) is 0 Å². The third kappa shape index (κ3) is 1.81.